The van der Waals surface area contributed by atoms with Crippen LogP contribution in [0.3, 0.4) is 0 Å². The highest BCUT2D eigenvalue weighted by molar-refractivity contribution is 9.10. The third kappa shape index (κ3) is 3.99. The SMILES string of the molecule is O=C(C[N+]12CCC(CC1)[C@@H](OC(=O)c1ccccc1)C2)c1ccc(Br)cc1. The summed E-state index contributed by atoms with van der Waals surface area (Å²) in [6.45, 7) is 3.21. The summed E-state index contributed by atoms with van der Waals surface area (Å²) in [5.41, 5.74) is 1.34. The smallest absolute Gasteiger partial charge is 0.338 e. The van der Waals surface area contributed by atoms with Gasteiger partial charge in [-0.05, 0) is 24.3 Å². The second-order valence-corrected chi connectivity index (χ2v) is 8.62. The summed E-state index contributed by atoms with van der Waals surface area (Å²) in [7, 11) is 0. The molecule has 0 radical (unpaired) electrons. The van der Waals surface area contributed by atoms with Crippen LogP contribution in [0.15, 0.2) is 59.1 Å². The van der Waals surface area contributed by atoms with Crippen LogP contribution < -0.4 is 0 Å². The molecular weight excluding hydrogens is 406 g/mol. The van der Waals surface area contributed by atoms with Crippen LogP contribution in [-0.2, 0) is 4.74 Å². The largest absolute Gasteiger partial charge is 0.452 e. The quantitative estimate of drug-likeness (QED) is 0.409. The average molecular weight is 429 g/mol. The van der Waals surface area contributed by atoms with Crippen LogP contribution in [0.4, 0.5) is 0 Å². The number of nitrogens with zero attached hydrogens (tertiary/aromatic N) is 1. The normalized spacial score (nSPS) is 26.6. The van der Waals surface area contributed by atoms with Gasteiger partial charge < -0.3 is 9.22 Å². The Morgan fingerprint density at radius 3 is 2.30 bits per heavy atom. The lowest BCUT2D eigenvalue weighted by Crippen LogP contribution is -2.65. The van der Waals surface area contributed by atoms with Crippen LogP contribution in [-0.4, -0.2) is 48.5 Å². The maximum Gasteiger partial charge on any atom is 0.338 e. The standard InChI is InChI=1S/C22H23BrNO3/c23-19-8-6-16(7-9-19)20(25)14-24-12-10-17(11-13-24)21(15-24)27-22(26)18-4-2-1-3-5-18/h1-9,17,21H,10-15H2/q+1/t17?,21-,24?/m0/s1. The van der Waals surface area contributed by atoms with Crippen LogP contribution in [0.2, 0.25) is 0 Å². The lowest BCUT2D eigenvalue weighted by atomic mass is 9.82. The molecule has 3 aliphatic rings. The molecule has 0 spiro atoms. The first-order chi connectivity index (χ1) is 13.0. The molecule has 3 aliphatic heterocycles. The zero-order valence-corrected chi connectivity index (χ0v) is 16.7. The van der Waals surface area contributed by atoms with Crippen molar-refractivity contribution in [3.05, 3.63) is 70.2 Å². The van der Waals surface area contributed by atoms with Crippen LogP contribution in [0, 0.1) is 5.92 Å². The van der Waals surface area contributed by atoms with Crippen molar-refractivity contribution >= 4 is 27.7 Å². The van der Waals surface area contributed by atoms with E-state index in [0.29, 0.717) is 18.0 Å². The molecule has 0 unspecified atom stereocenters. The molecule has 0 aliphatic carbocycles. The van der Waals surface area contributed by atoms with Crippen molar-refractivity contribution in [1.82, 2.24) is 0 Å². The van der Waals surface area contributed by atoms with Crippen molar-refractivity contribution in [3.8, 4) is 0 Å². The number of hydrogen-bond acceptors (Lipinski definition) is 3. The lowest BCUT2D eigenvalue weighted by molar-refractivity contribution is -0.938. The van der Waals surface area contributed by atoms with Gasteiger partial charge in [0.25, 0.3) is 0 Å². The van der Waals surface area contributed by atoms with Crippen molar-refractivity contribution in [2.24, 2.45) is 5.92 Å². The van der Waals surface area contributed by atoms with Gasteiger partial charge in [-0.2, -0.15) is 0 Å². The number of Topliss-reactive ketones (excluding diaryl/α,β-unsaturated/α-hetero) is 1. The Labute approximate surface area is 167 Å². The number of carbonyl (C=O) groups is 2. The molecule has 1 atom stereocenters. The second-order valence-electron chi connectivity index (χ2n) is 7.71. The van der Waals surface area contributed by atoms with E-state index in [1.54, 1.807) is 12.1 Å². The molecule has 2 bridgehead atoms. The Kier molecular flexibility index (Phi) is 5.15. The van der Waals surface area contributed by atoms with E-state index in [2.05, 4.69) is 15.9 Å². The minimum atomic E-state index is -0.258. The van der Waals surface area contributed by atoms with E-state index in [-0.39, 0.29) is 17.9 Å². The zero-order chi connectivity index (χ0) is 18.9. The highest BCUT2D eigenvalue weighted by Crippen LogP contribution is 2.36. The van der Waals surface area contributed by atoms with Gasteiger partial charge in [-0.25, -0.2) is 4.79 Å². The van der Waals surface area contributed by atoms with Gasteiger partial charge in [-0.15, -0.1) is 0 Å². The van der Waals surface area contributed by atoms with Crippen LogP contribution in [0.5, 0.6) is 0 Å². The fraction of sp³-hybridized carbons (Fsp3) is 0.364. The minimum absolute atomic E-state index is 0.0991. The highest BCUT2D eigenvalue weighted by atomic mass is 79.9. The van der Waals surface area contributed by atoms with Crippen LogP contribution in [0.1, 0.15) is 33.6 Å². The van der Waals surface area contributed by atoms with Gasteiger partial charge in [0.1, 0.15) is 13.1 Å². The molecule has 27 heavy (non-hydrogen) atoms. The molecule has 2 aromatic rings. The molecule has 140 valence electrons. The molecule has 5 rings (SSSR count). The molecule has 0 aromatic heterocycles. The number of benzene rings is 2. The first-order valence-electron chi connectivity index (χ1n) is 9.45. The summed E-state index contributed by atoms with van der Waals surface area (Å²) in [6.07, 6.45) is 1.93. The monoisotopic (exact) mass is 428 g/mol. The number of ketones is 1. The summed E-state index contributed by atoms with van der Waals surface area (Å²) in [4.78, 5) is 25.3. The van der Waals surface area contributed by atoms with Crippen molar-refractivity contribution in [3.63, 3.8) is 0 Å². The van der Waals surface area contributed by atoms with Crippen LogP contribution >= 0.6 is 15.9 Å². The number of hydrogen-bond donors (Lipinski definition) is 0. The van der Waals surface area contributed by atoms with Crippen molar-refractivity contribution in [2.45, 2.75) is 18.9 Å². The average Bonchev–Trinajstić information content (AvgIpc) is 2.69. The minimum Gasteiger partial charge on any atom is -0.452 e. The summed E-state index contributed by atoms with van der Waals surface area (Å²) >= 11 is 3.41. The summed E-state index contributed by atoms with van der Waals surface area (Å²) in [5, 5.41) is 0. The van der Waals surface area contributed by atoms with E-state index >= 15 is 0 Å². The van der Waals surface area contributed by atoms with E-state index in [0.717, 1.165) is 47.0 Å². The fourth-order valence-corrected chi connectivity index (χ4v) is 4.65. The molecule has 3 heterocycles. The van der Waals surface area contributed by atoms with Gasteiger partial charge >= 0.3 is 5.97 Å². The number of esters is 1. The van der Waals surface area contributed by atoms with E-state index in [1.807, 2.05) is 42.5 Å². The highest BCUT2D eigenvalue weighted by Gasteiger charge is 2.48. The predicted molar refractivity (Wildman–Crippen MR) is 107 cm³/mol. The van der Waals surface area contributed by atoms with E-state index < -0.39 is 0 Å². The maximum absolute atomic E-state index is 12.8. The van der Waals surface area contributed by atoms with Gasteiger partial charge in [0.2, 0.25) is 5.78 Å². The number of piperidine rings is 3. The Morgan fingerprint density at radius 1 is 0.963 bits per heavy atom. The van der Waals surface area contributed by atoms with Gasteiger partial charge in [-0.3, -0.25) is 4.79 Å². The van der Waals surface area contributed by atoms with Gasteiger partial charge in [0.05, 0.1) is 18.7 Å². The lowest BCUT2D eigenvalue weighted by Gasteiger charge is -2.51. The number of quaternary nitrogens is 1. The van der Waals surface area contributed by atoms with Crippen molar-refractivity contribution in [1.29, 1.82) is 0 Å². The predicted octanol–water partition coefficient (Wildman–Crippen LogP) is 4.10. The van der Waals surface area contributed by atoms with Crippen molar-refractivity contribution < 1.29 is 18.8 Å². The topological polar surface area (TPSA) is 43.4 Å². The second kappa shape index (κ2) is 7.56. The molecule has 0 amide bonds. The molecule has 0 saturated carbocycles. The Hall–Kier alpha value is -1.98. The first kappa shape index (κ1) is 18.4. The Balaban J connectivity index is 1.45. The number of fused-ring (bicyclic) bond motifs is 3. The van der Waals surface area contributed by atoms with Gasteiger partial charge in [-0.1, -0.05) is 46.3 Å². The molecular formula is C22H23BrNO3+. The summed E-state index contributed by atoms with van der Waals surface area (Å²) in [6, 6.07) is 16.7. The molecule has 0 N–H and O–H groups in total. The van der Waals surface area contributed by atoms with E-state index in [4.69, 9.17) is 4.74 Å². The van der Waals surface area contributed by atoms with Crippen molar-refractivity contribution in [2.75, 3.05) is 26.2 Å². The molecule has 2 aromatic carbocycles. The number of halogens is 1. The number of ether oxygens (including phenoxy) is 1. The third-order valence-corrected chi connectivity index (χ3v) is 6.48. The Morgan fingerprint density at radius 2 is 1.63 bits per heavy atom. The summed E-state index contributed by atoms with van der Waals surface area (Å²) < 4.78 is 7.57. The maximum atomic E-state index is 12.8. The van der Waals surface area contributed by atoms with E-state index in [9.17, 15) is 9.59 Å². The van der Waals surface area contributed by atoms with Gasteiger partial charge in [0.15, 0.2) is 6.10 Å². The number of carbonyl (C=O) groups excluding carboxylic acids is 2. The van der Waals surface area contributed by atoms with Crippen LogP contribution in [0.25, 0.3) is 0 Å². The Bertz CT molecular complexity index is 826. The number of rotatable bonds is 5. The fourth-order valence-electron chi connectivity index (χ4n) is 4.39. The first-order valence-corrected chi connectivity index (χ1v) is 10.2. The van der Waals surface area contributed by atoms with E-state index in [1.165, 1.54) is 0 Å². The molecule has 5 heteroatoms. The molecule has 3 saturated heterocycles. The zero-order valence-electron chi connectivity index (χ0n) is 15.1. The van der Waals surface area contributed by atoms with Gasteiger partial charge in [0, 0.05) is 28.8 Å². The third-order valence-electron chi connectivity index (χ3n) is 5.95. The molecule has 4 nitrogen and oxygen atoms in total. The summed E-state index contributed by atoms with van der Waals surface area (Å²) in [5.74, 6) is 0.322. The molecule has 3 fully saturated rings.